The van der Waals surface area contributed by atoms with Gasteiger partial charge in [0.1, 0.15) is 0 Å². The lowest BCUT2D eigenvalue weighted by molar-refractivity contribution is -0.325. The number of benzene rings is 3. The van der Waals surface area contributed by atoms with Gasteiger partial charge in [0.2, 0.25) is 11.7 Å². The van der Waals surface area contributed by atoms with Gasteiger partial charge < -0.3 is 43.0 Å². The number of likely N-dealkylation sites (tertiary alicyclic amines) is 1. The van der Waals surface area contributed by atoms with Crippen LogP contribution in [0.2, 0.25) is 0 Å². The van der Waals surface area contributed by atoms with Crippen LogP contribution in [0.15, 0.2) is 54.6 Å². The molecule has 15 heteroatoms. The Hall–Kier alpha value is -4.89. The van der Waals surface area contributed by atoms with Gasteiger partial charge in [0.15, 0.2) is 23.0 Å². The number of carbonyl (C=O) groups is 1. The predicted octanol–water partition coefficient (Wildman–Crippen LogP) is 6.00. The van der Waals surface area contributed by atoms with Crippen molar-refractivity contribution in [1.82, 2.24) is 19.4 Å². The number of anilines is 1. The molecule has 2 aliphatic heterocycles. The Morgan fingerprint density at radius 3 is 2.20 bits per heavy atom. The Bertz CT molecular complexity index is 1900. The van der Waals surface area contributed by atoms with E-state index in [2.05, 4.69) is 20.6 Å². The average molecular weight is 756 g/mol. The zero-order chi connectivity index (χ0) is 38.5. The van der Waals surface area contributed by atoms with Crippen LogP contribution in [0.1, 0.15) is 35.2 Å². The van der Waals surface area contributed by atoms with E-state index in [1.807, 2.05) is 45.9 Å². The fourth-order valence-corrected chi connectivity index (χ4v) is 7.73. The number of rotatable bonds is 14. The van der Waals surface area contributed by atoms with Crippen LogP contribution in [-0.4, -0.2) is 120 Å². The van der Waals surface area contributed by atoms with Crippen LogP contribution in [0, 0.1) is 0 Å². The number of halogens is 3. The molecule has 4 aromatic rings. The molecule has 54 heavy (non-hydrogen) atoms. The van der Waals surface area contributed by atoms with Crippen molar-refractivity contribution in [3.8, 4) is 28.7 Å². The first kappa shape index (κ1) is 38.8. The molecule has 0 bridgehead atoms. The first-order valence-electron chi connectivity index (χ1n) is 18.0. The lowest BCUT2D eigenvalue weighted by Gasteiger charge is -2.33. The number of amides is 1. The van der Waals surface area contributed by atoms with Crippen LogP contribution in [0.4, 0.5) is 19.1 Å². The van der Waals surface area contributed by atoms with Crippen molar-refractivity contribution in [2.24, 2.45) is 0 Å². The maximum absolute atomic E-state index is 14.1. The third-order valence-electron chi connectivity index (χ3n) is 10.5. The molecule has 0 saturated carbocycles. The van der Waals surface area contributed by atoms with Crippen molar-refractivity contribution in [2.75, 3.05) is 92.9 Å². The topological polar surface area (TPSA) is 100.0 Å². The Morgan fingerprint density at radius 1 is 0.796 bits per heavy atom. The second-order valence-electron chi connectivity index (χ2n) is 13.5. The summed E-state index contributed by atoms with van der Waals surface area (Å²) >= 11 is 0. The van der Waals surface area contributed by atoms with Gasteiger partial charge in [-0.15, -0.1) is 13.2 Å². The van der Waals surface area contributed by atoms with Gasteiger partial charge in [-0.05, 0) is 74.3 Å². The van der Waals surface area contributed by atoms with Gasteiger partial charge in [-0.25, -0.2) is 4.98 Å². The highest BCUT2D eigenvalue weighted by molar-refractivity contribution is 5.96. The van der Waals surface area contributed by atoms with Gasteiger partial charge >= 0.3 is 6.36 Å². The number of ether oxygens (including phenoxy) is 6. The lowest BCUT2D eigenvalue weighted by Crippen LogP contribution is -2.39. The van der Waals surface area contributed by atoms with Crippen molar-refractivity contribution >= 4 is 22.9 Å². The minimum Gasteiger partial charge on any atom is -0.493 e. The molecule has 0 radical (unpaired) electrons. The number of carbonyl (C=O) groups excluding carboxylic acids is 1. The molecule has 3 aromatic carbocycles. The lowest BCUT2D eigenvalue weighted by atomic mass is 9.76. The molecule has 292 valence electrons. The van der Waals surface area contributed by atoms with Crippen molar-refractivity contribution in [1.29, 1.82) is 0 Å². The van der Waals surface area contributed by atoms with Crippen molar-refractivity contribution in [3.63, 3.8) is 0 Å². The van der Waals surface area contributed by atoms with Crippen LogP contribution in [0.25, 0.3) is 11.0 Å². The Morgan fingerprint density at radius 2 is 1.52 bits per heavy atom. The minimum absolute atomic E-state index is 0.0225. The standard InChI is InChI=1S/C39H48F3N5O7/c1-49-31-12-11-28(25-32(31)50-2)38(14-18-46(26-38)36(48)27-23-33(51-3)35(53-5)34(24-27)52-4)13-17-44-15-8-16-45(20-19-44)37-43-29-9-6-7-10-30(29)47(37)21-22-54-39(40,41)42/h6-7,9-12,23-25H,8,13-22,26H2,1-5H3. The fraction of sp³-hybridized carbons (Fsp3) is 0.487. The number of hydrogen-bond donors (Lipinski definition) is 0. The summed E-state index contributed by atoms with van der Waals surface area (Å²) in [5, 5.41) is 0. The molecule has 3 heterocycles. The number of aromatic nitrogens is 2. The molecule has 0 N–H and O–H groups in total. The highest BCUT2D eigenvalue weighted by Gasteiger charge is 2.42. The van der Waals surface area contributed by atoms with Gasteiger partial charge in [0.25, 0.3) is 5.91 Å². The maximum Gasteiger partial charge on any atom is 0.522 e. The molecule has 0 aliphatic carbocycles. The molecular formula is C39H48F3N5O7. The maximum atomic E-state index is 14.1. The second kappa shape index (κ2) is 16.6. The number of methoxy groups -OCH3 is 5. The van der Waals surface area contributed by atoms with E-state index in [1.54, 1.807) is 26.4 Å². The van der Waals surface area contributed by atoms with Crippen LogP contribution in [0.5, 0.6) is 28.7 Å². The number of nitrogens with zero attached hydrogens (tertiary/aromatic N) is 5. The van der Waals surface area contributed by atoms with Crippen LogP contribution in [-0.2, 0) is 16.7 Å². The van der Waals surface area contributed by atoms with Gasteiger partial charge in [0, 0.05) is 50.2 Å². The summed E-state index contributed by atoms with van der Waals surface area (Å²) in [4.78, 5) is 25.4. The summed E-state index contributed by atoms with van der Waals surface area (Å²) < 4.78 is 72.3. The third kappa shape index (κ3) is 8.26. The summed E-state index contributed by atoms with van der Waals surface area (Å²) in [6.07, 6.45) is -2.34. The summed E-state index contributed by atoms with van der Waals surface area (Å²) in [7, 11) is 7.79. The molecule has 1 unspecified atom stereocenters. The first-order chi connectivity index (χ1) is 26.0. The van der Waals surface area contributed by atoms with Gasteiger partial charge in [-0.3, -0.25) is 9.53 Å². The number of hydrogen-bond acceptors (Lipinski definition) is 10. The smallest absolute Gasteiger partial charge is 0.493 e. The molecule has 1 aromatic heterocycles. The monoisotopic (exact) mass is 755 g/mol. The SMILES string of the molecule is COc1ccc(C2(CCN3CCCN(c4nc5ccccc5n4CCOC(F)(F)F)CC3)CCN(C(=O)c3cc(OC)c(OC)c(OC)c3)C2)cc1OC. The predicted molar refractivity (Wildman–Crippen MR) is 197 cm³/mol. The third-order valence-corrected chi connectivity index (χ3v) is 10.5. The van der Waals surface area contributed by atoms with Crippen LogP contribution < -0.4 is 28.6 Å². The molecule has 2 fully saturated rings. The average Bonchev–Trinajstić information content (AvgIpc) is 3.70. The van der Waals surface area contributed by atoms with E-state index in [4.69, 9.17) is 28.7 Å². The summed E-state index contributed by atoms with van der Waals surface area (Å²) in [5.74, 6) is 2.99. The Kier molecular flexibility index (Phi) is 12.0. The quantitative estimate of drug-likeness (QED) is 0.152. The molecule has 6 rings (SSSR count). The molecular weight excluding hydrogens is 707 g/mol. The first-order valence-corrected chi connectivity index (χ1v) is 18.0. The zero-order valence-corrected chi connectivity index (χ0v) is 31.4. The highest BCUT2D eigenvalue weighted by Crippen LogP contribution is 2.43. The number of para-hydroxylation sites is 2. The molecule has 1 atom stereocenters. The van der Waals surface area contributed by atoms with Gasteiger partial charge in [0.05, 0.1) is 53.2 Å². The fourth-order valence-electron chi connectivity index (χ4n) is 7.73. The van der Waals surface area contributed by atoms with Crippen molar-refractivity contribution in [3.05, 3.63) is 65.7 Å². The van der Waals surface area contributed by atoms with E-state index in [9.17, 15) is 18.0 Å². The van der Waals surface area contributed by atoms with Crippen molar-refractivity contribution in [2.45, 2.75) is 37.6 Å². The van der Waals surface area contributed by atoms with E-state index in [0.29, 0.717) is 66.4 Å². The largest absolute Gasteiger partial charge is 0.522 e. The molecule has 0 spiro atoms. The Balaban J connectivity index is 1.21. The van der Waals surface area contributed by atoms with Gasteiger partial charge in [-0.1, -0.05) is 18.2 Å². The molecule has 1 amide bonds. The van der Waals surface area contributed by atoms with E-state index in [1.165, 1.54) is 21.3 Å². The second-order valence-corrected chi connectivity index (χ2v) is 13.5. The normalized spacial score (nSPS) is 18.1. The van der Waals surface area contributed by atoms with E-state index in [0.717, 1.165) is 55.5 Å². The van der Waals surface area contributed by atoms with E-state index >= 15 is 0 Å². The van der Waals surface area contributed by atoms with Crippen molar-refractivity contribution < 1.29 is 46.4 Å². The van der Waals surface area contributed by atoms with Crippen LogP contribution >= 0.6 is 0 Å². The Labute approximate surface area is 313 Å². The van der Waals surface area contributed by atoms with E-state index < -0.39 is 13.0 Å². The molecule has 12 nitrogen and oxygen atoms in total. The molecule has 2 aliphatic rings. The van der Waals surface area contributed by atoms with E-state index in [-0.39, 0.29) is 17.9 Å². The highest BCUT2D eigenvalue weighted by atomic mass is 19.4. The molecule has 2 saturated heterocycles. The summed E-state index contributed by atoms with van der Waals surface area (Å²) in [6, 6.07) is 16.8. The zero-order valence-electron chi connectivity index (χ0n) is 31.4. The van der Waals surface area contributed by atoms with Gasteiger partial charge in [-0.2, -0.15) is 0 Å². The minimum atomic E-state index is -4.70. The number of imidazole rings is 1. The summed E-state index contributed by atoms with van der Waals surface area (Å²) in [6.45, 7) is 4.25. The van der Waals surface area contributed by atoms with Crippen LogP contribution in [0.3, 0.4) is 0 Å². The number of alkyl halides is 3. The summed E-state index contributed by atoms with van der Waals surface area (Å²) in [5.41, 5.74) is 2.61. The number of fused-ring (bicyclic) bond motifs is 1.